The van der Waals surface area contributed by atoms with Crippen molar-refractivity contribution < 1.29 is 9.63 Å². The second-order valence-electron chi connectivity index (χ2n) is 5.66. The van der Waals surface area contributed by atoms with Gasteiger partial charge in [0.05, 0.1) is 12.1 Å². The molecule has 0 spiro atoms. The van der Waals surface area contributed by atoms with E-state index in [1.807, 2.05) is 0 Å². The lowest BCUT2D eigenvalue weighted by atomic mass is 9.95. The predicted octanol–water partition coefficient (Wildman–Crippen LogP) is 2.18. The van der Waals surface area contributed by atoms with Crippen LogP contribution in [0, 0.1) is 5.92 Å². The number of nitrogens with zero attached hydrogens (tertiary/aromatic N) is 3. The van der Waals surface area contributed by atoms with Gasteiger partial charge in [0.25, 0.3) is 0 Å². The average Bonchev–Trinajstić information content (AvgIpc) is 2.87. The highest BCUT2D eigenvalue weighted by Gasteiger charge is 2.30. The third kappa shape index (κ3) is 3.54. The van der Waals surface area contributed by atoms with Gasteiger partial charge >= 0.3 is 0 Å². The number of likely N-dealkylation sites (tertiary alicyclic amines) is 1. The number of unbranched alkanes of at least 4 members (excludes halogenated alkanes) is 1. The Morgan fingerprint density at radius 1 is 1.53 bits per heavy atom. The molecule has 0 saturated carbocycles. The first-order chi connectivity index (χ1) is 9.11. The number of hydrogen-bond donors (Lipinski definition) is 1. The third-order valence-corrected chi connectivity index (χ3v) is 4.09. The van der Waals surface area contributed by atoms with Crippen molar-refractivity contribution in [3.05, 3.63) is 11.7 Å². The van der Waals surface area contributed by atoms with Gasteiger partial charge in [-0.15, -0.1) is 0 Å². The number of aromatic nitrogens is 2. The Hall–Kier alpha value is -0.940. The molecule has 1 aliphatic rings. The van der Waals surface area contributed by atoms with Crippen molar-refractivity contribution in [3.8, 4) is 0 Å². The van der Waals surface area contributed by atoms with E-state index in [-0.39, 0.29) is 12.1 Å². The minimum Gasteiger partial charge on any atom is -0.392 e. The van der Waals surface area contributed by atoms with Crippen LogP contribution in [0.1, 0.15) is 57.8 Å². The van der Waals surface area contributed by atoms with Crippen LogP contribution in [0.2, 0.25) is 0 Å². The Labute approximate surface area is 115 Å². The standard InChI is InChI=1S/C14H25N3O2/c1-4-5-6-13-15-14(19-16-13)11(3)17-8-7-10(2)12(18)9-17/h10-12,18H,4-9H2,1-3H3. The molecule has 0 aromatic carbocycles. The molecule has 2 rings (SSSR count). The van der Waals surface area contributed by atoms with Crippen molar-refractivity contribution in [2.75, 3.05) is 13.1 Å². The number of aryl methyl sites for hydroxylation is 1. The largest absolute Gasteiger partial charge is 0.392 e. The number of β-amino-alcohol motifs (C(OH)–C–C–N with tert-alkyl or cyclic N) is 1. The van der Waals surface area contributed by atoms with E-state index in [0.717, 1.165) is 38.1 Å². The Morgan fingerprint density at radius 2 is 2.32 bits per heavy atom. The summed E-state index contributed by atoms with van der Waals surface area (Å²) in [5.74, 6) is 1.86. The van der Waals surface area contributed by atoms with Crippen molar-refractivity contribution in [2.45, 2.75) is 58.6 Å². The summed E-state index contributed by atoms with van der Waals surface area (Å²) in [5.41, 5.74) is 0. The molecular formula is C14H25N3O2. The summed E-state index contributed by atoms with van der Waals surface area (Å²) in [6.45, 7) is 7.99. The van der Waals surface area contributed by atoms with E-state index in [1.54, 1.807) is 0 Å². The zero-order chi connectivity index (χ0) is 13.8. The van der Waals surface area contributed by atoms with Gasteiger partial charge < -0.3 is 9.63 Å². The Kier molecular flexibility index (Phi) is 4.93. The van der Waals surface area contributed by atoms with Crippen LogP contribution in [0.3, 0.4) is 0 Å². The number of rotatable bonds is 5. The van der Waals surface area contributed by atoms with Crippen LogP contribution in [-0.2, 0) is 6.42 Å². The van der Waals surface area contributed by atoms with Crippen LogP contribution >= 0.6 is 0 Å². The van der Waals surface area contributed by atoms with Gasteiger partial charge in [0.1, 0.15) is 0 Å². The molecule has 19 heavy (non-hydrogen) atoms. The lowest BCUT2D eigenvalue weighted by Gasteiger charge is -2.36. The molecule has 108 valence electrons. The molecule has 1 aromatic rings. The SMILES string of the molecule is CCCCc1noc(C(C)N2CCC(C)C(O)C2)n1. The van der Waals surface area contributed by atoms with E-state index in [1.165, 1.54) is 0 Å². The van der Waals surface area contributed by atoms with E-state index in [2.05, 4.69) is 35.8 Å². The van der Waals surface area contributed by atoms with Gasteiger partial charge in [0.2, 0.25) is 5.89 Å². The van der Waals surface area contributed by atoms with E-state index >= 15 is 0 Å². The molecule has 0 amide bonds. The Morgan fingerprint density at radius 3 is 3.00 bits per heavy atom. The van der Waals surface area contributed by atoms with Crippen molar-refractivity contribution >= 4 is 0 Å². The number of piperidine rings is 1. The molecule has 2 heterocycles. The molecular weight excluding hydrogens is 242 g/mol. The van der Waals surface area contributed by atoms with Crippen molar-refractivity contribution in [3.63, 3.8) is 0 Å². The Bertz CT molecular complexity index is 394. The monoisotopic (exact) mass is 267 g/mol. The normalized spacial score (nSPS) is 26.5. The van der Waals surface area contributed by atoms with Gasteiger partial charge in [0, 0.05) is 13.0 Å². The van der Waals surface area contributed by atoms with Gasteiger partial charge in [-0.25, -0.2) is 0 Å². The first-order valence-electron chi connectivity index (χ1n) is 7.36. The van der Waals surface area contributed by atoms with Crippen LogP contribution in [0.5, 0.6) is 0 Å². The molecule has 1 N–H and O–H groups in total. The van der Waals surface area contributed by atoms with Crippen LogP contribution in [0.4, 0.5) is 0 Å². The van der Waals surface area contributed by atoms with E-state index in [0.29, 0.717) is 18.4 Å². The summed E-state index contributed by atoms with van der Waals surface area (Å²) in [5, 5.41) is 14.0. The molecule has 1 aromatic heterocycles. The number of aliphatic hydroxyl groups excluding tert-OH is 1. The first kappa shape index (κ1) is 14.5. The lowest BCUT2D eigenvalue weighted by molar-refractivity contribution is 0.00707. The fraction of sp³-hybridized carbons (Fsp3) is 0.857. The fourth-order valence-electron chi connectivity index (χ4n) is 2.45. The summed E-state index contributed by atoms with van der Waals surface area (Å²) in [7, 11) is 0. The molecule has 1 aliphatic heterocycles. The summed E-state index contributed by atoms with van der Waals surface area (Å²) >= 11 is 0. The van der Waals surface area contributed by atoms with Gasteiger partial charge in [-0.1, -0.05) is 25.4 Å². The van der Waals surface area contributed by atoms with Gasteiger partial charge in [-0.2, -0.15) is 4.98 Å². The number of aliphatic hydroxyl groups is 1. The van der Waals surface area contributed by atoms with Crippen molar-refractivity contribution in [1.82, 2.24) is 15.0 Å². The molecule has 3 atom stereocenters. The van der Waals surface area contributed by atoms with Gasteiger partial charge in [-0.05, 0) is 32.2 Å². The van der Waals surface area contributed by atoms with Gasteiger partial charge in [-0.3, -0.25) is 4.90 Å². The highest BCUT2D eigenvalue weighted by atomic mass is 16.5. The summed E-state index contributed by atoms with van der Waals surface area (Å²) in [4.78, 5) is 6.69. The van der Waals surface area contributed by atoms with Crippen LogP contribution in [0.15, 0.2) is 4.52 Å². The molecule has 0 radical (unpaired) electrons. The molecule has 1 saturated heterocycles. The lowest BCUT2D eigenvalue weighted by Crippen LogP contribution is -2.43. The second-order valence-corrected chi connectivity index (χ2v) is 5.66. The zero-order valence-electron chi connectivity index (χ0n) is 12.2. The minimum absolute atomic E-state index is 0.0880. The topological polar surface area (TPSA) is 62.4 Å². The fourth-order valence-corrected chi connectivity index (χ4v) is 2.45. The van der Waals surface area contributed by atoms with Crippen LogP contribution in [0.25, 0.3) is 0 Å². The van der Waals surface area contributed by atoms with E-state index in [4.69, 9.17) is 4.52 Å². The smallest absolute Gasteiger partial charge is 0.243 e. The highest BCUT2D eigenvalue weighted by molar-refractivity contribution is 4.94. The maximum Gasteiger partial charge on any atom is 0.243 e. The second kappa shape index (κ2) is 6.48. The summed E-state index contributed by atoms with van der Waals surface area (Å²) < 4.78 is 5.35. The minimum atomic E-state index is -0.251. The molecule has 3 unspecified atom stereocenters. The predicted molar refractivity (Wildman–Crippen MR) is 72.7 cm³/mol. The quantitative estimate of drug-likeness (QED) is 0.886. The summed E-state index contributed by atoms with van der Waals surface area (Å²) in [6, 6.07) is 0.0880. The van der Waals surface area contributed by atoms with E-state index in [9.17, 15) is 5.11 Å². The molecule has 5 heteroatoms. The maximum absolute atomic E-state index is 9.96. The third-order valence-electron chi connectivity index (χ3n) is 4.09. The van der Waals surface area contributed by atoms with E-state index < -0.39 is 0 Å². The van der Waals surface area contributed by atoms with Gasteiger partial charge in [0.15, 0.2) is 5.82 Å². The molecule has 1 fully saturated rings. The molecule has 5 nitrogen and oxygen atoms in total. The van der Waals surface area contributed by atoms with Crippen LogP contribution < -0.4 is 0 Å². The van der Waals surface area contributed by atoms with Crippen molar-refractivity contribution in [2.24, 2.45) is 5.92 Å². The Balaban J connectivity index is 1.95. The summed E-state index contributed by atoms with van der Waals surface area (Å²) in [6.07, 6.45) is 3.87. The average molecular weight is 267 g/mol. The van der Waals surface area contributed by atoms with Crippen LogP contribution in [-0.4, -0.2) is 39.3 Å². The highest BCUT2D eigenvalue weighted by Crippen LogP contribution is 2.25. The zero-order valence-corrected chi connectivity index (χ0v) is 12.2. The van der Waals surface area contributed by atoms with Crippen molar-refractivity contribution in [1.29, 1.82) is 0 Å². The number of hydrogen-bond acceptors (Lipinski definition) is 5. The maximum atomic E-state index is 9.96. The first-order valence-corrected chi connectivity index (χ1v) is 7.36. The molecule has 0 aliphatic carbocycles. The molecule has 0 bridgehead atoms.